The van der Waals surface area contributed by atoms with Crippen LogP contribution in [0.5, 0.6) is 0 Å². The molecule has 1 atom stereocenters. The minimum absolute atomic E-state index is 0.301. The molecule has 0 spiro atoms. The van der Waals surface area contributed by atoms with Crippen LogP contribution in [0.3, 0.4) is 0 Å². The van der Waals surface area contributed by atoms with Crippen molar-refractivity contribution in [2.75, 3.05) is 22.5 Å². The largest absolute Gasteiger partial charge is 0.433 e. The van der Waals surface area contributed by atoms with E-state index < -0.39 is 11.9 Å². The standard InChI is InChI=1S/C21H20ClF3N6/c1-12(13-2-5-19(27-9-13)21(23,24)25)30-20-15-10-31(7-6-17(15)28-11-29-20)18-4-3-14(22)8-16(18)26/h2-5,8-9,11-12H,6-7,10,26H2,1H3,(H,28,29,30)/t12-/m1/s1. The molecule has 0 saturated heterocycles. The van der Waals surface area contributed by atoms with Gasteiger partial charge in [0.1, 0.15) is 17.8 Å². The first-order valence-corrected chi connectivity index (χ1v) is 10.0. The molecule has 3 N–H and O–H groups in total. The fourth-order valence-corrected chi connectivity index (χ4v) is 3.78. The summed E-state index contributed by atoms with van der Waals surface area (Å²) in [5.74, 6) is 0.634. The highest BCUT2D eigenvalue weighted by Gasteiger charge is 2.32. The second-order valence-electron chi connectivity index (χ2n) is 7.36. The zero-order chi connectivity index (χ0) is 22.2. The van der Waals surface area contributed by atoms with Gasteiger partial charge in [0.25, 0.3) is 0 Å². The van der Waals surface area contributed by atoms with E-state index >= 15 is 0 Å². The molecular formula is C21H20ClF3N6. The molecule has 162 valence electrons. The Kier molecular flexibility index (Phi) is 5.62. The van der Waals surface area contributed by atoms with Crippen LogP contribution in [0.2, 0.25) is 5.02 Å². The molecule has 31 heavy (non-hydrogen) atoms. The number of nitrogens with zero attached hydrogens (tertiary/aromatic N) is 4. The number of pyridine rings is 1. The van der Waals surface area contributed by atoms with Crippen LogP contribution < -0.4 is 16.0 Å². The summed E-state index contributed by atoms with van der Waals surface area (Å²) in [6.45, 7) is 3.13. The van der Waals surface area contributed by atoms with Gasteiger partial charge in [0.05, 0.1) is 23.1 Å². The number of benzene rings is 1. The molecule has 3 heterocycles. The molecule has 6 nitrogen and oxygen atoms in total. The van der Waals surface area contributed by atoms with Gasteiger partial charge in [0.15, 0.2) is 0 Å². The molecule has 0 bridgehead atoms. The normalized spacial score (nSPS) is 14.8. The van der Waals surface area contributed by atoms with Crippen molar-refractivity contribution >= 4 is 28.8 Å². The molecule has 0 radical (unpaired) electrons. The Labute approximate surface area is 182 Å². The Morgan fingerprint density at radius 3 is 2.65 bits per heavy atom. The molecule has 1 aliphatic heterocycles. The van der Waals surface area contributed by atoms with Crippen molar-refractivity contribution in [2.24, 2.45) is 0 Å². The minimum Gasteiger partial charge on any atom is -0.397 e. The van der Waals surface area contributed by atoms with Gasteiger partial charge in [-0.2, -0.15) is 13.2 Å². The lowest BCUT2D eigenvalue weighted by molar-refractivity contribution is -0.141. The van der Waals surface area contributed by atoms with Gasteiger partial charge in [0, 0.05) is 36.3 Å². The summed E-state index contributed by atoms with van der Waals surface area (Å²) >= 11 is 6.02. The molecule has 0 amide bonds. The zero-order valence-corrected chi connectivity index (χ0v) is 17.4. The van der Waals surface area contributed by atoms with Gasteiger partial charge in [-0.05, 0) is 36.8 Å². The highest BCUT2D eigenvalue weighted by molar-refractivity contribution is 6.31. The maximum Gasteiger partial charge on any atom is 0.433 e. The first kappa shape index (κ1) is 21.2. The second kappa shape index (κ2) is 8.22. The van der Waals surface area contributed by atoms with Crippen LogP contribution in [0.25, 0.3) is 0 Å². The second-order valence-corrected chi connectivity index (χ2v) is 7.80. The number of alkyl halides is 3. The van der Waals surface area contributed by atoms with Crippen molar-refractivity contribution < 1.29 is 13.2 Å². The van der Waals surface area contributed by atoms with Crippen molar-refractivity contribution in [3.63, 3.8) is 0 Å². The van der Waals surface area contributed by atoms with Crippen molar-refractivity contribution in [1.82, 2.24) is 15.0 Å². The number of nitrogens with one attached hydrogen (secondary N) is 1. The third-order valence-electron chi connectivity index (χ3n) is 5.26. The number of hydrogen-bond acceptors (Lipinski definition) is 6. The van der Waals surface area contributed by atoms with Crippen molar-refractivity contribution in [2.45, 2.75) is 32.1 Å². The Morgan fingerprint density at radius 2 is 1.97 bits per heavy atom. The molecule has 2 aromatic heterocycles. The van der Waals surface area contributed by atoms with E-state index in [0.717, 1.165) is 29.6 Å². The van der Waals surface area contributed by atoms with Crippen molar-refractivity contribution in [1.29, 1.82) is 0 Å². The topological polar surface area (TPSA) is 80.0 Å². The summed E-state index contributed by atoms with van der Waals surface area (Å²) in [5, 5.41) is 3.86. The van der Waals surface area contributed by atoms with Gasteiger partial charge in [-0.25, -0.2) is 9.97 Å². The highest BCUT2D eigenvalue weighted by atomic mass is 35.5. The molecule has 0 fully saturated rings. The highest BCUT2D eigenvalue weighted by Crippen LogP contribution is 2.33. The van der Waals surface area contributed by atoms with Gasteiger partial charge >= 0.3 is 6.18 Å². The smallest absolute Gasteiger partial charge is 0.397 e. The van der Waals surface area contributed by atoms with Crippen molar-refractivity contribution in [3.05, 3.63) is 70.4 Å². The fourth-order valence-electron chi connectivity index (χ4n) is 3.60. The van der Waals surface area contributed by atoms with Crippen LogP contribution in [0.4, 0.5) is 30.4 Å². The summed E-state index contributed by atoms with van der Waals surface area (Å²) in [4.78, 5) is 14.4. The summed E-state index contributed by atoms with van der Waals surface area (Å²) < 4.78 is 38.3. The van der Waals surface area contributed by atoms with Crippen molar-refractivity contribution in [3.8, 4) is 0 Å². The number of halogens is 4. The summed E-state index contributed by atoms with van der Waals surface area (Å²) in [6, 6.07) is 7.49. The Bertz CT molecular complexity index is 1090. The lowest BCUT2D eigenvalue weighted by Crippen LogP contribution is -2.32. The summed E-state index contributed by atoms with van der Waals surface area (Å²) in [6.07, 6.45) is -1.03. The van der Waals surface area contributed by atoms with E-state index in [1.165, 1.54) is 18.6 Å². The molecule has 1 aromatic carbocycles. The maximum absolute atomic E-state index is 12.8. The predicted octanol–water partition coefficient (Wildman–Crippen LogP) is 4.86. The van der Waals surface area contributed by atoms with E-state index in [0.29, 0.717) is 35.1 Å². The lowest BCUT2D eigenvalue weighted by atomic mass is 10.0. The summed E-state index contributed by atoms with van der Waals surface area (Å²) in [7, 11) is 0. The number of nitrogens with two attached hydrogens (primary N) is 1. The van der Waals surface area contributed by atoms with Crippen LogP contribution in [-0.2, 0) is 19.1 Å². The first-order chi connectivity index (χ1) is 14.7. The van der Waals surface area contributed by atoms with Gasteiger partial charge < -0.3 is 16.0 Å². The minimum atomic E-state index is -4.46. The van der Waals surface area contributed by atoms with Crippen LogP contribution >= 0.6 is 11.6 Å². The molecule has 1 aliphatic rings. The molecule has 0 saturated carbocycles. The number of rotatable bonds is 4. The Hall–Kier alpha value is -3.07. The number of aromatic nitrogens is 3. The quantitative estimate of drug-likeness (QED) is 0.555. The van der Waals surface area contributed by atoms with E-state index in [1.807, 2.05) is 13.0 Å². The van der Waals surface area contributed by atoms with Crippen LogP contribution in [0.1, 0.15) is 35.5 Å². The third-order valence-corrected chi connectivity index (χ3v) is 5.50. The molecule has 10 heteroatoms. The third kappa shape index (κ3) is 4.51. The van der Waals surface area contributed by atoms with Crippen LogP contribution in [-0.4, -0.2) is 21.5 Å². The van der Waals surface area contributed by atoms with Gasteiger partial charge in [-0.15, -0.1) is 0 Å². The monoisotopic (exact) mass is 448 g/mol. The summed E-state index contributed by atoms with van der Waals surface area (Å²) in [5.41, 5.74) is 9.18. The average molecular weight is 449 g/mol. The Balaban J connectivity index is 1.56. The van der Waals surface area contributed by atoms with E-state index in [1.54, 1.807) is 12.1 Å². The van der Waals surface area contributed by atoms with E-state index in [-0.39, 0.29) is 6.04 Å². The Morgan fingerprint density at radius 1 is 1.16 bits per heavy atom. The van der Waals surface area contributed by atoms with Crippen LogP contribution in [0, 0.1) is 0 Å². The van der Waals surface area contributed by atoms with Gasteiger partial charge in [-0.1, -0.05) is 17.7 Å². The van der Waals surface area contributed by atoms with Gasteiger partial charge in [0.2, 0.25) is 0 Å². The first-order valence-electron chi connectivity index (χ1n) is 9.65. The SMILES string of the molecule is C[C@@H](Nc1ncnc2c1CN(c1ccc(Cl)cc1N)CC2)c1ccc(C(F)(F)F)nc1. The molecule has 0 aliphatic carbocycles. The van der Waals surface area contributed by atoms with E-state index in [9.17, 15) is 13.2 Å². The predicted molar refractivity (Wildman–Crippen MR) is 114 cm³/mol. The number of fused-ring (bicyclic) bond motifs is 1. The molecule has 4 rings (SSSR count). The molecular weight excluding hydrogens is 429 g/mol. The maximum atomic E-state index is 12.8. The number of hydrogen-bond donors (Lipinski definition) is 2. The number of nitrogen functional groups attached to an aromatic ring is 1. The van der Waals surface area contributed by atoms with Gasteiger partial charge in [-0.3, -0.25) is 4.98 Å². The number of anilines is 3. The molecule has 3 aromatic rings. The fraction of sp³-hybridized carbons (Fsp3) is 0.286. The molecule has 0 unspecified atom stereocenters. The average Bonchev–Trinajstić information content (AvgIpc) is 2.73. The van der Waals surface area contributed by atoms with E-state index in [4.69, 9.17) is 17.3 Å². The van der Waals surface area contributed by atoms with E-state index in [2.05, 4.69) is 25.2 Å². The van der Waals surface area contributed by atoms with Crippen LogP contribution in [0.15, 0.2) is 42.9 Å². The lowest BCUT2D eigenvalue weighted by Gasteiger charge is -2.32. The zero-order valence-electron chi connectivity index (χ0n) is 16.6.